The van der Waals surface area contributed by atoms with E-state index in [2.05, 4.69) is 16.3 Å². The van der Waals surface area contributed by atoms with Crippen LogP contribution >= 0.6 is 6.72 Å². The Kier molecular flexibility index (Phi) is 5.68. The first-order valence-electron chi connectivity index (χ1n) is 3.00. The van der Waals surface area contributed by atoms with E-state index in [1.54, 1.807) is 6.92 Å². The highest BCUT2D eigenvalue weighted by Crippen LogP contribution is 2.35. The van der Waals surface area contributed by atoms with Gasteiger partial charge in [0.2, 0.25) is 0 Å². The first kappa shape index (κ1) is 11.7. The maximum Gasteiger partial charge on any atom is 0.321 e. The van der Waals surface area contributed by atoms with E-state index in [9.17, 15) is 4.21 Å². The van der Waals surface area contributed by atoms with E-state index < -0.39 is 17.5 Å². The molecule has 0 aromatic rings. The normalized spacial score (nSPS) is 14.8. The highest BCUT2D eigenvalue weighted by atomic mass is 32.5. The lowest BCUT2D eigenvalue weighted by atomic mass is 10.9. The summed E-state index contributed by atoms with van der Waals surface area (Å²) >= 11 is 4.17. The molecular formula is C4H11O4PS2. The Morgan fingerprint density at radius 2 is 2.18 bits per heavy atom. The molecule has 0 heterocycles. The van der Waals surface area contributed by atoms with Gasteiger partial charge in [0.05, 0.1) is 6.61 Å². The van der Waals surface area contributed by atoms with Crippen LogP contribution in [0.5, 0.6) is 0 Å². The van der Waals surface area contributed by atoms with Crippen LogP contribution in [-0.2, 0) is 27.1 Å². The van der Waals surface area contributed by atoms with Crippen molar-refractivity contribution in [3.8, 4) is 0 Å². The molecule has 0 saturated carbocycles. The quantitative estimate of drug-likeness (QED) is 0.635. The molecule has 11 heavy (non-hydrogen) atoms. The summed E-state index contributed by atoms with van der Waals surface area (Å²) in [5.74, 6) is 0.846. The van der Waals surface area contributed by atoms with Gasteiger partial charge in [-0.2, -0.15) is 0 Å². The maximum atomic E-state index is 10.7. The predicted molar refractivity (Wildman–Crippen MR) is 48.2 cm³/mol. The third kappa shape index (κ3) is 8.59. The minimum Gasteiger partial charge on any atom is -0.325 e. The van der Waals surface area contributed by atoms with Crippen molar-refractivity contribution in [3.05, 3.63) is 0 Å². The SMILES string of the molecule is CCS(=O)CCOP(O)(O)=S. The fraction of sp³-hybridized carbons (Fsp3) is 1.00. The molecule has 0 aromatic heterocycles. The Bertz CT molecular complexity index is 177. The molecule has 0 rings (SSSR count). The second-order valence-electron chi connectivity index (χ2n) is 1.76. The molecule has 4 nitrogen and oxygen atoms in total. The first-order chi connectivity index (χ1) is 4.95. The van der Waals surface area contributed by atoms with Gasteiger partial charge in [0.1, 0.15) is 0 Å². The molecule has 0 bridgehead atoms. The second-order valence-corrected chi connectivity index (χ2v) is 6.29. The van der Waals surface area contributed by atoms with Gasteiger partial charge in [-0.3, -0.25) is 4.21 Å². The summed E-state index contributed by atoms with van der Waals surface area (Å²) in [6, 6.07) is 0. The minimum absolute atomic E-state index is 0.0464. The zero-order valence-corrected chi connectivity index (χ0v) is 8.62. The molecule has 0 fully saturated rings. The lowest BCUT2D eigenvalue weighted by Crippen LogP contribution is -2.06. The predicted octanol–water partition coefficient (Wildman–Crippen LogP) is -0.0193. The van der Waals surface area contributed by atoms with E-state index in [-0.39, 0.29) is 6.61 Å². The molecule has 1 unspecified atom stereocenters. The van der Waals surface area contributed by atoms with Crippen LogP contribution in [0, 0.1) is 0 Å². The van der Waals surface area contributed by atoms with Crippen molar-refractivity contribution in [1.29, 1.82) is 0 Å². The van der Waals surface area contributed by atoms with Gasteiger partial charge >= 0.3 is 6.72 Å². The molecular weight excluding hydrogens is 207 g/mol. The summed E-state index contributed by atoms with van der Waals surface area (Å²) in [6.07, 6.45) is 0. The van der Waals surface area contributed by atoms with Crippen LogP contribution in [0.25, 0.3) is 0 Å². The van der Waals surface area contributed by atoms with Crippen molar-refractivity contribution in [3.63, 3.8) is 0 Å². The topological polar surface area (TPSA) is 66.8 Å². The third-order valence-corrected chi connectivity index (χ3v) is 2.99. The summed E-state index contributed by atoms with van der Waals surface area (Å²) in [5, 5.41) is 0. The van der Waals surface area contributed by atoms with E-state index in [1.807, 2.05) is 0 Å². The summed E-state index contributed by atoms with van der Waals surface area (Å²) < 4.78 is 15.2. The first-order valence-corrected chi connectivity index (χ1v) is 7.12. The zero-order valence-electron chi connectivity index (χ0n) is 6.10. The minimum atomic E-state index is -3.53. The van der Waals surface area contributed by atoms with Crippen LogP contribution in [-0.4, -0.2) is 32.1 Å². The molecule has 0 amide bonds. The Hall–Kier alpha value is 0.680. The molecule has 0 aliphatic rings. The smallest absolute Gasteiger partial charge is 0.321 e. The van der Waals surface area contributed by atoms with Gasteiger partial charge in [0.25, 0.3) is 0 Å². The van der Waals surface area contributed by atoms with Crippen molar-refractivity contribution in [1.82, 2.24) is 0 Å². The molecule has 7 heteroatoms. The fourth-order valence-corrected chi connectivity index (χ4v) is 1.63. The number of hydrogen-bond acceptors (Lipinski definition) is 3. The molecule has 0 radical (unpaired) electrons. The Morgan fingerprint density at radius 1 is 1.64 bits per heavy atom. The van der Waals surface area contributed by atoms with E-state index >= 15 is 0 Å². The van der Waals surface area contributed by atoms with Crippen molar-refractivity contribution >= 4 is 29.3 Å². The Labute approximate surface area is 73.3 Å². The monoisotopic (exact) mass is 218 g/mol. The van der Waals surface area contributed by atoms with Gasteiger partial charge in [-0.15, -0.1) is 0 Å². The van der Waals surface area contributed by atoms with E-state index in [0.29, 0.717) is 11.5 Å². The molecule has 0 aromatic carbocycles. The van der Waals surface area contributed by atoms with Gasteiger partial charge in [-0.25, -0.2) is 0 Å². The summed E-state index contributed by atoms with van der Waals surface area (Å²) in [4.78, 5) is 17.1. The highest BCUT2D eigenvalue weighted by Gasteiger charge is 2.07. The fourth-order valence-electron chi connectivity index (χ4n) is 0.393. The Balaban J connectivity index is 3.43. The zero-order chi connectivity index (χ0) is 8.91. The maximum absolute atomic E-state index is 10.7. The van der Waals surface area contributed by atoms with Crippen LogP contribution in [0.3, 0.4) is 0 Å². The molecule has 68 valence electrons. The van der Waals surface area contributed by atoms with E-state index in [0.717, 1.165) is 0 Å². The Morgan fingerprint density at radius 3 is 2.55 bits per heavy atom. The molecule has 2 N–H and O–H groups in total. The van der Waals surface area contributed by atoms with Crippen molar-refractivity contribution in [2.45, 2.75) is 6.92 Å². The largest absolute Gasteiger partial charge is 0.325 e. The highest BCUT2D eigenvalue weighted by molar-refractivity contribution is 8.06. The van der Waals surface area contributed by atoms with E-state index in [4.69, 9.17) is 9.79 Å². The summed E-state index contributed by atoms with van der Waals surface area (Å²) in [5.41, 5.74) is 0. The van der Waals surface area contributed by atoms with Gasteiger partial charge in [0.15, 0.2) is 0 Å². The molecule has 0 saturated heterocycles. The summed E-state index contributed by atoms with van der Waals surface area (Å²) in [7, 11) is -0.937. The average Bonchev–Trinajstić information content (AvgIpc) is 1.85. The number of rotatable bonds is 5. The third-order valence-electron chi connectivity index (χ3n) is 0.892. The van der Waals surface area contributed by atoms with Gasteiger partial charge in [-0.1, -0.05) is 6.92 Å². The van der Waals surface area contributed by atoms with Gasteiger partial charge in [-0.05, 0) is 11.8 Å². The van der Waals surface area contributed by atoms with Gasteiger partial charge in [0, 0.05) is 22.3 Å². The van der Waals surface area contributed by atoms with Crippen LogP contribution in [0.15, 0.2) is 0 Å². The molecule has 0 aliphatic heterocycles. The van der Waals surface area contributed by atoms with Crippen LogP contribution < -0.4 is 0 Å². The summed E-state index contributed by atoms with van der Waals surface area (Å²) in [6.45, 7) is -1.71. The lowest BCUT2D eigenvalue weighted by Gasteiger charge is -2.06. The van der Waals surface area contributed by atoms with Crippen LogP contribution in [0.4, 0.5) is 0 Å². The van der Waals surface area contributed by atoms with E-state index in [1.165, 1.54) is 0 Å². The van der Waals surface area contributed by atoms with Crippen molar-refractivity contribution in [2.75, 3.05) is 18.1 Å². The number of hydrogen-bond donors (Lipinski definition) is 2. The lowest BCUT2D eigenvalue weighted by molar-refractivity contribution is 0.267. The van der Waals surface area contributed by atoms with Crippen molar-refractivity contribution < 1.29 is 18.5 Å². The second kappa shape index (κ2) is 5.35. The average molecular weight is 218 g/mol. The molecule has 1 atom stereocenters. The molecule has 0 aliphatic carbocycles. The van der Waals surface area contributed by atoms with Crippen LogP contribution in [0.2, 0.25) is 0 Å². The van der Waals surface area contributed by atoms with Gasteiger partial charge < -0.3 is 14.3 Å². The van der Waals surface area contributed by atoms with Crippen LogP contribution in [0.1, 0.15) is 6.92 Å². The standard InChI is InChI=1S/C4H11O4PS2/c1-2-11(7)4-3-8-9(5,6)10/h2-4H2,1H3,(H2,5,6,10). The van der Waals surface area contributed by atoms with Crippen molar-refractivity contribution in [2.24, 2.45) is 0 Å². The molecule has 0 spiro atoms.